The molecule has 2 rings (SSSR count). The molecule has 23 heavy (non-hydrogen) atoms. The predicted molar refractivity (Wildman–Crippen MR) is 82.2 cm³/mol. The molecular weight excluding hydrogens is 324 g/mol. The van der Waals surface area contributed by atoms with Crippen LogP contribution in [-0.4, -0.2) is 19.6 Å². The first-order valence-electron chi connectivity index (χ1n) is 7.00. The Morgan fingerprint density at radius 3 is 2.17 bits per heavy atom. The molecule has 0 aliphatic rings. The van der Waals surface area contributed by atoms with Gasteiger partial charge in [-0.1, -0.05) is 36.4 Å². The summed E-state index contributed by atoms with van der Waals surface area (Å²) in [5.41, 5.74) is 0.635. The van der Waals surface area contributed by atoms with Crippen LogP contribution in [-0.2, 0) is 10.0 Å². The second-order valence-electron chi connectivity index (χ2n) is 5.24. The molecule has 7 heteroatoms. The lowest BCUT2D eigenvalue weighted by Gasteiger charge is -2.18. The molecule has 2 atom stereocenters. The van der Waals surface area contributed by atoms with E-state index >= 15 is 0 Å². The zero-order chi connectivity index (χ0) is 17.0. The number of sulfonamides is 1. The fourth-order valence-electron chi connectivity index (χ4n) is 2.26. The molecule has 0 fully saturated rings. The minimum absolute atomic E-state index is 0.0688. The third-order valence-corrected chi connectivity index (χ3v) is 4.95. The van der Waals surface area contributed by atoms with Crippen molar-refractivity contribution in [2.75, 3.05) is 0 Å². The maximum absolute atomic E-state index is 13.6. The van der Waals surface area contributed by atoms with Crippen molar-refractivity contribution < 1.29 is 22.3 Å². The van der Waals surface area contributed by atoms with Crippen LogP contribution in [0.25, 0.3) is 0 Å². The number of hydrogen-bond acceptors (Lipinski definition) is 3. The quantitative estimate of drug-likeness (QED) is 0.849. The third kappa shape index (κ3) is 4.34. The molecule has 0 amide bonds. The van der Waals surface area contributed by atoms with Gasteiger partial charge in [-0.25, -0.2) is 21.9 Å². The molecule has 2 N–H and O–H groups in total. The van der Waals surface area contributed by atoms with E-state index in [0.29, 0.717) is 5.56 Å². The average molecular weight is 341 g/mol. The molecule has 2 aromatic rings. The van der Waals surface area contributed by atoms with Crippen LogP contribution in [0.15, 0.2) is 53.4 Å². The highest BCUT2D eigenvalue weighted by Gasteiger charge is 2.26. The fourth-order valence-corrected chi connectivity index (χ4v) is 3.65. The van der Waals surface area contributed by atoms with Crippen molar-refractivity contribution >= 4 is 10.0 Å². The van der Waals surface area contributed by atoms with Crippen molar-refractivity contribution in [1.82, 2.24) is 4.72 Å². The number of aliphatic hydroxyl groups excluding tert-OH is 1. The van der Waals surface area contributed by atoms with Gasteiger partial charge < -0.3 is 5.11 Å². The van der Waals surface area contributed by atoms with Gasteiger partial charge in [-0.05, 0) is 31.0 Å². The zero-order valence-electron chi connectivity index (χ0n) is 12.4. The Morgan fingerprint density at radius 2 is 1.61 bits per heavy atom. The van der Waals surface area contributed by atoms with Gasteiger partial charge in [0, 0.05) is 6.04 Å². The van der Waals surface area contributed by atoms with Crippen LogP contribution in [0.2, 0.25) is 0 Å². The van der Waals surface area contributed by atoms with Crippen LogP contribution in [0.4, 0.5) is 8.78 Å². The summed E-state index contributed by atoms with van der Waals surface area (Å²) in [6.07, 6.45) is -0.821. The van der Waals surface area contributed by atoms with Crippen molar-refractivity contribution in [2.24, 2.45) is 0 Å². The lowest BCUT2D eigenvalue weighted by molar-refractivity contribution is 0.158. The van der Waals surface area contributed by atoms with Crippen LogP contribution in [0.3, 0.4) is 0 Å². The topological polar surface area (TPSA) is 66.4 Å². The summed E-state index contributed by atoms with van der Waals surface area (Å²) >= 11 is 0. The van der Waals surface area contributed by atoms with E-state index < -0.39 is 38.7 Å². The average Bonchev–Trinajstić information content (AvgIpc) is 2.46. The highest BCUT2D eigenvalue weighted by Crippen LogP contribution is 2.21. The second kappa shape index (κ2) is 7.16. The number of nitrogens with one attached hydrogen (secondary N) is 1. The van der Waals surface area contributed by atoms with E-state index in [1.165, 1.54) is 6.92 Å². The van der Waals surface area contributed by atoms with E-state index in [-0.39, 0.29) is 6.42 Å². The van der Waals surface area contributed by atoms with Gasteiger partial charge in [0.1, 0.15) is 11.6 Å². The molecular formula is C16H17F2NO3S. The molecule has 0 heterocycles. The summed E-state index contributed by atoms with van der Waals surface area (Å²) in [6, 6.07) is 10.8. The first-order valence-corrected chi connectivity index (χ1v) is 8.49. The van der Waals surface area contributed by atoms with E-state index in [2.05, 4.69) is 4.72 Å². The van der Waals surface area contributed by atoms with Crippen molar-refractivity contribution in [3.05, 3.63) is 65.7 Å². The molecule has 0 radical (unpaired) electrons. The molecule has 0 saturated carbocycles. The van der Waals surface area contributed by atoms with Gasteiger partial charge in [0.2, 0.25) is 10.0 Å². The van der Waals surface area contributed by atoms with Gasteiger partial charge >= 0.3 is 0 Å². The normalized spacial score (nSPS) is 14.4. The highest BCUT2D eigenvalue weighted by molar-refractivity contribution is 7.89. The molecule has 0 spiro atoms. The maximum atomic E-state index is 13.6. The Hall–Kier alpha value is -1.83. The lowest BCUT2D eigenvalue weighted by atomic mass is 10.0. The number of aliphatic hydroxyl groups is 1. The van der Waals surface area contributed by atoms with Gasteiger partial charge in [0.25, 0.3) is 0 Å². The van der Waals surface area contributed by atoms with E-state index in [4.69, 9.17) is 0 Å². The molecule has 124 valence electrons. The Bertz CT molecular complexity index is 746. The zero-order valence-corrected chi connectivity index (χ0v) is 13.2. The monoisotopic (exact) mass is 341 g/mol. The smallest absolute Gasteiger partial charge is 0.246 e. The van der Waals surface area contributed by atoms with E-state index in [1.54, 1.807) is 30.3 Å². The molecule has 0 aromatic heterocycles. The van der Waals surface area contributed by atoms with Gasteiger partial charge in [-0.3, -0.25) is 0 Å². The molecule has 0 unspecified atom stereocenters. The minimum atomic E-state index is -4.36. The number of hydrogen-bond donors (Lipinski definition) is 2. The number of halogens is 2. The van der Waals surface area contributed by atoms with Crippen LogP contribution in [0.5, 0.6) is 0 Å². The summed E-state index contributed by atoms with van der Waals surface area (Å²) in [6.45, 7) is 1.52. The highest BCUT2D eigenvalue weighted by atomic mass is 32.2. The summed E-state index contributed by atoms with van der Waals surface area (Å²) in [5.74, 6) is -2.32. The molecule has 0 saturated heterocycles. The van der Waals surface area contributed by atoms with Crippen LogP contribution in [0.1, 0.15) is 25.0 Å². The van der Waals surface area contributed by atoms with Gasteiger partial charge in [0.05, 0.1) is 6.10 Å². The Morgan fingerprint density at radius 1 is 1.04 bits per heavy atom. The maximum Gasteiger partial charge on any atom is 0.246 e. The summed E-state index contributed by atoms with van der Waals surface area (Å²) in [4.78, 5) is -1.01. The predicted octanol–water partition coefficient (Wildman–Crippen LogP) is 2.76. The van der Waals surface area contributed by atoms with E-state index in [9.17, 15) is 22.3 Å². The van der Waals surface area contributed by atoms with Crippen molar-refractivity contribution in [2.45, 2.75) is 30.4 Å². The molecule has 4 nitrogen and oxygen atoms in total. The number of rotatable bonds is 6. The Kier molecular flexibility index (Phi) is 5.46. The van der Waals surface area contributed by atoms with Gasteiger partial charge in [0.15, 0.2) is 4.90 Å². The number of benzene rings is 2. The summed E-state index contributed by atoms with van der Waals surface area (Å²) in [7, 11) is -4.36. The van der Waals surface area contributed by atoms with E-state index in [1.807, 2.05) is 0 Å². The van der Waals surface area contributed by atoms with Crippen molar-refractivity contribution in [3.63, 3.8) is 0 Å². The second-order valence-corrected chi connectivity index (χ2v) is 6.89. The van der Waals surface area contributed by atoms with Gasteiger partial charge in [-0.2, -0.15) is 0 Å². The van der Waals surface area contributed by atoms with Crippen molar-refractivity contribution in [1.29, 1.82) is 0 Å². The summed E-state index contributed by atoms with van der Waals surface area (Å²) in [5, 5.41) is 10.1. The first kappa shape index (κ1) is 17.5. The van der Waals surface area contributed by atoms with Crippen LogP contribution >= 0.6 is 0 Å². The molecule has 0 aliphatic carbocycles. The van der Waals surface area contributed by atoms with Crippen molar-refractivity contribution in [3.8, 4) is 0 Å². The first-order chi connectivity index (χ1) is 10.8. The van der Waals surface area contributed by atoms with E-state index in [0.717, 1.165) is 18.2 Å². The SMILES string of the molecule is C[C@@H](C[C@@H](O)c1ccccc1)NS(=O)(=O)c1c(F)cccc1F. The van der Waals surface area contributed by atoms with Crippen LogP contribution in [0, 0.1) is 11.6 Å². The standard InChI is InChI=1S/C16H17F2NO3S/c1-11(10-15(20)12-6-3-2-4-7-12)19-23(21,22)16-13(17)8-5-9-14(16)18/h2-9,11,15,19-20H,10H2,1H3/t11-,15+/m0/s1. The summed E-state index contributed by atoms with van der Waals surface area (Å²) < 4.78 is 53.7. The molecule has 2 aromatic carbocycles. The molecule has 0 aliphatic heterocycles. The minimum Gasteiger partial charge on any atom is -0.388 e. The lowest BCUT2D eigenvalue weighted by Crippen LogP contribution is -2.34. The third-order valence-electron chi connectivity index (χ3n) is 3.31. The van der Waals surface area contributed by atoms with Gasteiger partial charge in [-0.15, -0.1) is 0 Å². The van der Waals surface area contributed by atoms with Crippen LogP contribution < -0.4 is 4.72 Å². The Balaban J connectivity index is 2.11. The fraction of sp³-hybridized carbons (Fsp3) is 0.250. The molecule has 0 bridgehead atoms. The Labute approximate surface area is 133 Å². The largest absolute Gasteiger partial charge is 0.388 e.